The van der Waals surface area contributed by atoms with Crippen LogP contribution in [0.5, 0.6) is 0 Å². The number of nitrogens with two attached hydrogens (primary N) is 1. The number of anilines is 1. The topological polar surface area (TPSA) is 140 Å². The number of nitrogens with zero attached hydrogens (tertiary/aromatic N) is 4. The zero-order valence-corrected chi connectivity index (χ0v) is 12.5. The van der Waals surface area contributed by atoms with Gasteiger partial charge in [-0.25, -0.2) is 0 Å². The summed E-state index contributed by atoms with van der Waals surface area (Å²) < 4.78 is 10.0. The zero-order chi connectivity index (χ0) is 16.4. The number of carbonyl (C=O) groups excluding carboxylic acids is 2. The molecule has 0 spiro atoms. The number of rotatable bonds is 5. The van der Waals surface area contributed by atoms with Crippen molar-refractivity contribution >= 4 is 17.7 Å². The van der Waals surface area contributed by atoms with Gasteiger partial charge in [0.05, 0.1) is 18.3 Å². The van der Waals surface area contributed by atoms with Crippen LogP contribution in [0.15, 0.2) is 15.1 Å². The summed E-state index contributed by atoms with van der Waals surface area (Å²) in [6.45, 7) is 2.61. The highest BCUT2D eigenvalue weighted by molar-refractivity contribution is 5.91. The molecule has 3 heterocycles. The molecule has 0 aromatic carbocycles. The van der Waals surface area contributed by atoms with Gasteiger partial charge in [0.25, 0.3) is 11.7 Å². The lowest BCUT2D eigenvalue weighted by Gasteiger charge is -2.20. The second-order valence-corrected chi connectivity index (χ2v) is 5.33. The van der Waals surface area contributed by atoms with Gasteiger partial charge in [0, 0.05) is 6.07 Å². The number of likely N-dealkylation sites (tertiary alicyclic amines) is 1. The van der Waals surface area contributed by atoms with Crippen molar-refractivity contribution in [1.82, 2.24) is 20.2 Å². The zero-order valence-electron chi connectivity index (χ0n) is 12.5. The molecule has 1 aliphatic rings. The monoisotopic (exact) mass is 320 g/mol. The van der Waals surface area contributed by atoms with Crippen LogP contribution in [0, 0.1) is 6.92 Å². The summed E-state index contributed by atoms with van der Waals surface area (Å²) in [5.74, 6) is -0.546. The maximum absolute atomic E-state index is 12.1. The molecule has 1 aliphatic heterocycles. The standard InChI is InChI=1S/C13H16N6O4/c1-7-5-10(22-17-7)15-9(20)6-19-4-2-3-8(19)13-16-12(11(14)21)18-23-13/h5,8H,2-4,6H2,1H3,(H2,14,21)(H,15,20). The van der Waals surface area contributed by atoms with Gasteiger partial charge in [0.1, 0.15) is 0 Å². The summed E-state index contributed by atoms with van der Waals surface area (Å²) in [4.78, 5) is 29.0. The van der Waals surface area contributed by atoms with Gasteiger partial charge in [-0.2, -0.15) is 4.98 Å². The lowest BCUT2D eigenvalue weighted by atomic mass is 10.2. The van der Waals surface area contributed by atoms with E-state index < -0.39 is 5.91 Å². The van der Waals surface area contributed by atoms with E-state index in [2.05, 4.69) is 20.6 Å². The van der Waals surface area contributed by atoms with Crippen molar-refractivity contribution in [2.45, 2.75) is 25.8 Å². The predicted molar refractivity (Wildman–Crippen MR) is 76.2 cm³/mol. The molecule has 3 N–H and O–H groups in total. The minimum absolute atomic E-state index is 0.138. The molecule has 122 valence electrons. The summed E-state index contributed by atoms with van der Waals surface area (Å²) in [5, 5.41) is 9.87. The minimum Gasteiger partial charge on any atom is -0.363 e. The SMILES string of the molecule is Cc1cc(NC(=O)CN2CCCC2c2nc(C(N)=O)no2)on1. The highest BCUT2D eigenvalue weighted by atomic mass is 16.5. The quantitative estimate of drug-likeness (QED) is 0.798. The van der Waals surface area contributed by atoms with E-state index in [4.69, 9.17) is 14.8 Å². The first kappa shape index (κ1) is 15.2. The van der Waals surface area contributed by atoms with Crippen LogP contribution in [0.25, 0.3) is 0 Å². The molecule has 1 atom stereocenters. The Bertz CT molecular complexity index is 724. The highest BCUT2D eigenvalue weighted by Crippen LogP contribution is 2.30. The largest absolute Gasteiger partial charge is 0.363 e. The van der Waals surface area contributed by atoms with Crippen molar-refractivity contribution in [3.05, 3.63) is 23.5 Å². The predicted octanol–water partition coefficient (Wildman–Crippen LogP) is 0.241. The average Bonchev–Trinajstić information content (AvgIpc) is 3.19. The summed E-state index contributed by atoms with van der Waals surface area (Å²) in [6, 6.07) is 1.43. The number of hydrogen-bond acceptors (Lipinski definition) is 8. The van der Waals surface area contributed by atoms with Crippen LogP contribution in [0.1, 0.15) is 41.1 Å². The van der Waals surface area contributed by atoms with Crippen LogP contribution in [0.2, 0.25) is 0 Å². The van der Waals surface area contributed by atoms with Gasteiger partial charge in [-0.1, -0.05) is 10.3 Å². The second-order valence-electron chi connectivity index (χ2n) is 5.33. The lowest BCUT2D eigenvalue weighted by Crippen LogP contribution is -2.33. The molecule has 23 heavy (non-hydrogen) atoms. The Hall–Kier alpha value is -2.75. The first-order chi connectivity index (χ1) is 11.0. The van der Waals surface area contributed by atoms with Gasteiger partial charge in [0.15, 0.2) is 0 Å². The van der Waals surface area contributed by atoms with Crippen molar-refractivity contribution < 1.29 is 18.6 Å². The molecule has 0 bridgehead atoms. The molecule has 1 saturated heterocycles. The number of hydrogen-bond donors (Lipinski definition) is 2. The average molecular weight is 320 g/mol. The Morgan fingerprint density at radius 1 is 1.43 bits per heavy atom. The van der Waals surface area contributed by atoms with Gasteiger partial charge in [0.2, 0.25) is 17.7 Å². The third-order valence-electron chi connectivity index (χ3n) is 3.55. The van der Waals surface area contributed by atoms with Gasteiger partial charge in [-0.05, 0) is 26.3 Å². The van der Waals surface area contributed by atoms with Gasteiger partial charge < -0.3 is 14.8 Å². The van der Waals surface area contributed by atoms with E-state index in [1.807, 2.05) is 4.90 Å². The van der Waals surface area contributed by atoms with Crippen molar-refractivity contribution in [2.24, 2.45) is 5.73 Å². The Balaban J connectivity index is 1.64. The fourth-order valence-electron chi connectivity index (χ4n) is 2.55. The first-order valence-electron chi connectivity index (χ1n) is 7.13. The first-order valence-corrected chi connectivity index (χ1v) is 7.13. The van der Waals surface area contributed by atoms with E-state index in [1.54, 1.807) is 13.0 Å². The molecule has 2 aromatic rings. The van der Waals surface area contributed by atoms with Gasteiger partial charge in [-0.3, -0.25) is 19.8 Å². The molecule has 10 nitrogen and oxygen atoms in total. The van der Waals surface area contributed by atoms with Crippen LogP contribution in [0.3, 0.4) is 0 Å². The van der Waals surface area contributed by atoms with E-state index in [1.165, 1.54) is 0 Å². The van der Waals surface area contributed by atoms with Crippen molar-refractivity contribution in [3.8, 4) is 0 Å². The molecule has 3 rings (SSSR count). The van der Waals surface area contributed by atoms with Crippen LogP contribution < -0.4 is 11.1 Å². The molecule has 10 heteroatoms. The maximum atomic E-state index is 12.1. The maximum Gasteiger partial charge on any atom is 0.290 e. The smallest absolute Gasteiger partial charge is 0.290 e. The van der Waals surface area contributed by atoms with E-state index in [-0.39, 0.29) is 24.3 Å². The minimum atomic E-state index is -0.747. The van der Waals surface area contributed by atoms with Crippen molar-refractivity contribution in [2.75, 3.05) is 18.4 Å². The number of aromatic nitrogens is 3. The molecule has 1 fully saturated rings. The molecular formula is C13H16N6O4. The Morgan fingerprint density at radius 2 is 2.26 bits per heavy atom. The summed E-state index contributed by atoms with van der Waals surface area (Å²) >= 11 is 0. The number of amides is 2. The number of carbonyl (C=O) groups is 2. The normalized spacial score (nSPS) is 18.2. The fourth-order valence-corrected chi connectivity index (χ4v) is 2.55. The van der Waals surface area contributed by atoms with Gasteiger partial charge >= 0.3 is 0 Å². The Morgan fingerprint density at radius 3 is 2.91 bits per heavy atom. The van der Waals surface area contributed by atoms with E-state index in [0.717, 1.165) is 12.8 Å². The van der Waals surface area contributed by atoms with Crippen LogP contribution in [-0.4, -0.2) is 45.1 Å². The van der Waals surface area contributed by atoms with Crippen LogP contribution in [-0.2, 0) is 4.79 Å². The van der Waals surface area contributed by atoms with Crippen molar-refractivity contribution in [3.63, 3.8) is 0 Å². The summed E-state index contributed by atoms with van der Waals surface area (Å²) in [7, 11) is 0. The molecular weight excluding hydrogens is 304 g/mol. The number of primary amides is 1. The van der Waals surface area contributed by atoms with Crippen molar-refractivity contribution in [1.29, 1.82) is 0 Å². The molecule has 1 unspecified atom stereocenters. The Kier molecular flexibility index (Phi) is 4.06. The molecule has 0 aliphatic carbocycles. The molecule has 0 radical (unpaired) electrons. The summed E-state index contributed by atoms with van der Waals surface area (Å²) in [5.41, 5.74) is 5.80. The third kappa shape index (κ3) is 3.37. The van der Waals surface area contributed by atoms with Gasteiger partial charge in [-0.15, -0.1) is 0 Å². The third-order valence-corrected chi connectivity index (χ3v) is 3.55. The number of aryl methyl sites for hydroxylation is 1. The molecule has 0 saturated carbocycles. The second kappa shape index (κ2) is 6.16. The fraction of sp³-hybridized carbons (Fsp3) is 0.462. The van der Waals surface area contributed by atoms with E-state index in [9.17, 15) is 9.59 Å². The lowest BCUT2D eigenvalue weighted by molar-refractivity contribution is -0.117. The van der Waals surface area contributed by atoms with E-state index >= 15 is 0 Å². The van der Waals surface area contributed by atoms with Crippen LogP contribution in [0.4, 0.5) is 5.88 Å². The Labute approximate surface area is 131 Å². The van der Waals surface area contributed by atoms with Crippen LogP contribution >= 0.6 is 0 Å². The molecule has 2 amide bonds. The van der Waals surface area contributed by atoms with E-state index in [0.29, 0.717) is 24.0 Å². The number of nitrogens with one attached hydrogen (secondary N) is 1. The molecule has 2 aromatic heterocycles. The highest BCUT2D eigenvalue weighted by Gasteiger charge is 2.32. The summed E-state index contributed by atoms with van der Waals surface area (Å²) in [6.07, 6.45) is 1.64.